The predicted octanol–water partition coefficient (Wildman–Crippen LogP) is -3.39. The van der Waals surface area contributed by atoms with Gasteiger partial charge in [-0.2, -0.15) is 8.42 Å². The largest absolute Gasteiger partial charge is 0.397 e. The standard InChI is InChI=1S/C6H12O9S/c7-1-2-5(15-16(11,12)13)3(8)4(9)6(10)14-2/h2-10H,1H2,(H,11,12,13)/t2-,3-,4-,5-,6-/m0/s1. The van der Waals surface area contributed by atoms with Gasteiger partial charge in [0.2, 0.25) is 0 Å². The fraction of sp³-hybridized carbons (Fsp3) is 1.00. The average Bonchev–Trinajstić information content (AvgIpc) is 2.17. The van der Waals surface area contributed by atoms with E-state index in [0.717, 1.165) is 0 Å². The number of rotatable bonds is 3. The van der Waals surface area contributed by atoms with Crippen LogP contribution in [0.15, 0.2) is 0 Å². The van der Waals surface area contributed by atoms with Crippen molar-refractivity contribution in [3.8, 4) is 0 Å². The van der Waals surface area contributed by atoms with Crippen molar-refractivity contribution in [3.05, 3.63) is 0 Å². The molecule has 0 aromatic rings. The predicted molar refractivity (Wildman–Crippen MR) is 46.4 cm³/mol. The zero-order valence-electron chi connectivity index (χ0n) is 7.87. The summed E-state index contributed by atoms with van der Waals surface area (Å²) in [5, 5.41) is 36.4. The van der Waals surface area contributed by atoms with Gasteiger partial charge in [-0.25, -0.2) is 4.18 Å². The topological polar surface area (TPSA) is 154 Å². The molecule has 0 aliphatic carbocycles. The molecule has 9 nitrogen and oxygen atoms in total. The maximum absolute atomic E-state index is 10.4. The van der Waals surface area contributed by atoms with Crippen LogP contribution in [0.2, 0.25) is 0 Å². The maximum Gasteiger partial charge on any atom is 0.397 e. The summed E-state index contributed by atoms with van der Waals surface area (Å²) in [6.07, 6.45) is -8.53. The van der Waals surface area contributed by atoms with Gasteiger partial charge < -0.3 is 25.2 Å². The van der Waals surface area contributed by atoms with Crippen LogP contribution in [-0.4, -0.2) is 70.7 Å². The molecule has 0 bridgehead atoms. The maximum atomic E-state index is 10.4. The van der Waals surface area contributed by atoms with E-state index in [0.29, 0.717) is 0 Å². The smallest absolute Gasteiger partial charge is 0.394 e. The molecule has 1 saturated heterocycles. The fourth-order valence-electron chi connectivity index (χ4n) is 1.33. The first-order valence-electron chi connectivity index (χ1n) is 4.22. The highest BCUT2D eigenvalue weighted by atomic mass is 32.3. The summed E-state index contributed by atoms with van der Waals surface area (Å²) in [6.45, 7) is -0.777. The highest BCUT2D eigenvalue weighted by Crippen LogP contribution is 2.23. The molecule has 10 heteroatoms. The van der Waals surface area contributed by atoms with Crippen LogP contribution in [0.25, 0.3) is 0 Å². The summed E-state index contributed by atoms with van der Waals surface area (Å²) >= 11 is 0. The molecule has 1 aliphatic rings. The average molecular weight is 260 g/mol. The number of hydrogen-bond acceptors (Lipinski definition) is 8. The Balaban J connectivity index is 2.85. The van der Waals surface area contributed by atoms with Crippen molar-refractivity contribution in [1.82, 2.24) is 0 Å². The van der Waals surface area contributed by atoms with Crippen LogP contribution < -0.4 is 0 Å². The second-order valence-corrected chi connectivity index (χ2v) is 4.27. The second kappa shape index (κ2) is 4.89. The first kappa shape index (κ1) is 13.7. The quantitative estimate of drug-likeness (QED) is 0.327. The Morgan fingerprint density at radius 3 is 2.19 bits per heavy atom. The van der Waals surface area contributed by atoms with E-state index < -0.39 is 47.7 Å². The van der Waals surface area contributed by atoms with Crippen molar-refractivity contribution in [2.45, 2.75) is 30.7 Å². The molecule has 1 fully saturated rings. The third-order valence-corrected chi connectivity index (χ3v) is 2.54. The van der Waals surface area contributed by atoms with Gasteiger partial charge in [0.15, 0.2) is 6.29 Å². The molecule has 16 heavy (non-hydrogen) atoms. The molecular weight excluding hydrogens is 248 g/mol. The molecule has 0 aromatic carbocycles. The van der Waals surface area contributed by atoms with Crippen LogP contribution >= 0.6 is 0 Å². The highest BCUT2D eigenvalue weighted by molar-refractivity contribution is 7.80. The zero-order chi connectivity index (χ0) is 12.5. The molecule has 0 saturated carbocycles. The minimum Gasteiger partial charge on any atom is -0.394 e. The minimum absolute atomic E-state index is 0.777. The van der Waals surface area contributed by atoms with Gasteiger partial charge in [0.05, 0.1) is 6.61 Å². The van der Waals surface area contributed by atoms with Crippen molar-refractivity contribution in [2.24, 2.45) is 0 Å². The molecule has 1 heterocycles. The normalized spacial score (nSPS) is 40.9. The lowest BCUT2D eigenvalue weighted by Gasteiger charge is -2.38. The lowest BCUT2D eigenvalue weighted by molar-refractivity contribution is -0.282. The van der Waals surface area contributed by atoms with E-state index >= 15 is 0 Å². The van der Waals surface area contributed by atoms with Gasteiger partial charge in [0.1, 0.15) is 24.4 Å². The molecule has 1 aliphatic heterocycles. The SMILES string of the molecule is O=S(=O)(O)O[C@@H]1[C@@H](O)[C@H](O)[C@@H](O)O[C@H]1CO. The van der Waals surface area contributed by atoms with Crippen LogP contribution in [0.3, 0.4) is 0 Å². The Labute approximate surface area is 90.8 Å². The van der Waals surface area contributed by atoms with E-state index in [4.69, 9.17) is 19.9 Å². The molecule has 5 N–H and O–H groups in total. The molecule has 0 unspecified atom stereocenters. The van der Waals surface area contributed by atoms with E-state index in [1.54, 1.807) is 0 Å². The van der Waals surface area contributed by atoms with Crippen molar-refractivity contribution in [2.75, 3.05) is 6.61 Å². The van der Waals surface area contributed by atoms with E-state index in [1.807, 2.05) is 0 Å². The Morgan fingerprint density at radius 2 is 1.75 bits per heavy atom. The number of ether oxygens (including phenoxy) is 1. The van der Waals surface area contributed by atoms with E-state index in [9.17, 15) is 13.5 Å². The molecule has 0 spiro atoms. The third-order valence-electron chi connectivity index (χ3n) is 2.07. The summed E-state index contributed by atoms with van der Waals surface area (Å²) in [4.78, 5) is 0. The molecule has 0 amide bonds. The van der Waals surface area contributed by atoms with Crippen LogP contribution in [0.4, 0.5) is 0 Å². The Kier molecular flexibility index (Phi) is 4.20. The summed E-state index contributed by atoms with van der Waals surface area (Å²) in [5.41, 5.74) is 0. The second-order valence-electron chi connectivity index (χ2n) is 3.22. The lowest BCUT2D eigenvalue weighted by atomic mass is 9.99. The van der Waals surface area contributed by atoms with Gasteiger partial charge in [-0.1, -0.05) is 0 Å². The van der Waals surface area contributed by atoms with Crippen LogP contribution in [0.1, 0.15) is 0 Å². The minimum atomic E-state index is -4.88. The molecule has 5 atom stereocenters. The van der Waals surface area contributed by atoms with Crippen molar-refractivity contribution in [1.29, 1.82) is 0 Å². The number of hydrogen-bond donors (Lipinski definition) is 5. The van der Waals surface area contributed by atoms with Gasteiger partial charge in [-0.15, -0.1) is 0 Å². The van der Waals surface area contributed by atoms with Crippen molar-refractivity contribution in [3.63, 3.8) is 0 Å². The van der Waals surface area contributed by atoms with E-state index in [2.05, 4.69) is 8.92 Å². The van der Waals surface area contributed by atoms with Gasteiger partial charge in [0, 0.05) is 0 Å². The van der Waals surface area contributed by atoms with Crippen molar-refractivity contribution >= 4 is 10.4 Å². The van der Waals surface area contributed by atoms with Gasteiger partial charge >= 0.3 is 10.4 Å². The summed E-state index contributed by atoms with van der Waals surface area (Å²) in [7, 11) is -4.88. The molecule has 96 valence electrons. The molecule has 0 radical (unpaired) electrons. The molecular formula is C6H12O9S. The van der Waals surface area contributed by atoms with Crippen LogP contribution in [-0.2, 0) is 19.3 Å². The zero-order valence-corrected chi connectivity index (χ0v) is 8.69. The first-order chi connectivity index (χ1) is 7.26. The summed E-state index contributed by atoms with van der Waals surface area (Å²) in [6, 6.07) is 0. The van der Waals surface area contributed by atoms with Crippen LogP contribution in [0, 0.1) is 0 Å². The lowest BCUT2D eigenvalue weighted by Crippen LogP contribution is -2.59. The van der Waals surface area contributed by atoms with Gasteiger partial charge in [-0.05, 0) is 0 Å². The van der Waals surface area contributed by atoms with Crippen LogP contribution in [0.5, 0.6) is 0 Å². The highest BCUT2D eigenvalue weighted by Gasteiger charge is 2.46. The monoisotopic (exact) mass is 260 g/mol. The Hall–Kier alpha value is -0.330. The Morgan fingerprint density at radius 1 is 1.19 bits per heavy atom. The van der Waals surface area contributed by atoms with Crippen molar-refractivity contribution < 1.29 is 42.3 Å². The summed E-state index contributed by atoms with van der Waals surface area (Å²) < 4.78 is 37.9. The third kappa shape index (κ3) is 3.09. The van der Waals surface area contributed by atoms with Gasteiger partial charge in [-0.3, -0.25) is 4.55 Å². The number of aliphatic hydroxyl groups is 4. The van der Waals surface area contributed by atoms with E-state index in [-0.39, 0.29) is 0 Å². The Bertz CT molecular complexity index is 325. The van der Waals surface area contributed by atoms with E-state index in [1.165, 1.54) is 0 Å². The molecule has 0 aromatic heterocycles. The summed E-state index contributed by atoms with van der Waals surface area (Å²) in [5.74, 6) is 0. The number of aliphatic hydroxyl groups excluding tert-OH is 4. The fourth-order valence-corrected chi connectivity index (χ4v) is 1.84. The van der Waals surface area contributed by atoms with Gasteiger partial charge in [0.25, 0.3) is 0 Å². The first-order valence-corrected chi connectivity index (χ1v) is 5.59. The molecule has 1 rings (SSSR count).